The van der Waals surface area contributed by atoms with Crippen LogP contribution < -0.4 is 0 Å². The summed E-state index contributed by atoms with van der Waals surface area (Å²) in [5.74, 6) is 1.17. The summed E-state index contributed by atoms with van der Waals surface area (Å²) in [6.07, 6.45) is 10.0. The molecule has 3 aliphatic rings. The number of rotatable bonds is 2. The van der Waals surface area contributed by atoms with E-state index in [1.165, 1.54) is 25.0 Å². The summed E-state index contributed by atoms with van der Waals surface area (Å²) in [4.78, 5) is 33.2. The summed E-state index contributed by atoms with van der Waals surface area (Å²) in [5, 5.41) is 2.99. The topological polar surface area (TPSA) is 53.5 Å². The van der Waals surface area contributed by atoms with Gasteiger partial charge in [-0.15, -0.1) is 11.3 Å². The van der Waals surface area contributed by atoms with Crippen molar-refractivity contribution in [2.24, 2.45) is 5.92 Å². The zero-order chi connectivity index (χ0) is 18.1. The van der Waals surface area contributed by atoms with Gasteiger partial charge in [0, 0.05) is 43.6 Å². The summed E-state index contributed by atoms with van der Waals surface area (Å²) in [6, 6.07) is 0. The third kappa shape index (κ3) is 3.43. The fraction of sp³-hybridized carbons (Fsp3) is 0.650. The Labute approximate surface area is 159 Å². The van der Waals surface area contributed by atoms with Crippen LogP contribution in [-0.4, -0.2) is 46.2 Å². The monoisotopic (exact) mass is 373 g/mol. The highest BCUT2D eigenvalue weighted by atomic mass is 32.1. The molecule has 3 heterocycles. The van der Waals surface area contributed by atoms with E-state index >= 15 is 0 Å². The van der Waals surface area contributed by atoms with E-state index in [4.69, 9.17) is 4.98 Å². The number of piperidine rings is 2. The molecule has 2 amide bonds. The molecule has 1 unspecified atom stereocenters. The molecule has 2 fully saturated rings. The van der Waals surface area contributed by atoms with Gasteiger partial charge in [0.1, 0.15) is 5.69 Å². The number of thiazole rings is 1. The number of hydrogen-bond acceptors (Lipinski definition) is 4. The van der Waals surface area contributed by atoms with Gasteiger partial charge in [0.2, 0.25) is 5.91 Å². The first-order chi connectivity index (χ1) is 12.6. The van der Waals surface area contributed by atoms with E-state index in [0.717, 1.165) is 50.3 Å². The van der Waals surface area contributed by atoms with Gasteiger partial charge in [-0.3, -0.25) is 9.59 Å². The molecule has 0 bridgehead atoms. The van der Waals surface area contributed by atoms with Crippen molar-refractivity contribution in [3.8, 4) is 0 Å². The van der Waals surface area contributed by atoms with Crippen LogP contribution in [0.4, 0.5) is 0 Å². The van der Waals surface area contributed by atoms with Crippen molar-refractivity contribution < 1.29 is 9.59 Å². The fourth-order valence-corrected chi connectivity index (χ4v) is 5.51. The molecule has 0 aromatic carbocycles. The Balaban J connectivity index is 1.45. The van der Waals surface area contributed by atoms with Crippen molar-refractivity contribution in [3.63, 3.8) is 0 Å². The third-order valence-corrected chi connectivity index (χ3v) is 7.06. The quantitative estimate of drug-likeness (QED) is 0.792. The summed E-state index contributed by atoms with van der Waals surface area (Å²) in [7, 11) is 0. The Morgan fingerprint density at radius 3 is 2.62 bits per heavy atom. The van der Waals surface area contributed by atoms with Crippen LogP contribution in [0.1, 0.15) is 73.3 Å². The van der Waals surface area contributed by atoms with Crippen molar-refractivity contribution in [1.82, 2.24) is 14.8 Å². The van der Waals surface area contributed by atoms with Crippen molar-refractivity contribution in [1.29, 1.82) is 0 Å². The van der Waals surface area contributed by atoms with Crippen LogP contribution in [0.25, 0.3) is 0 Å². The Morgan fingerprint density at radius 1 is 1.08 bits per heavy atom. The molecule has 1 aromatic rings. The average Bonchev–Trinajstić information content (AvgIpc) is 3.17. The van der Waals surface area contributed by atoms with Gasteiger partial charge in [-0.1, -0.05) is 6.08 Å². The predicted molar refractivity (Wildman–Crippen MR) is 102 cm³/mol. The second-order valence-corrected chi connectivity index (χ2v) is 8.60. The molecule has 0 radical (unpaired) electrons. The first-order valence-corrected chi connectivity index (χ1v) is 10.7. The predicted octanol–water partition coefficient (Wildman–Crippen LogP) is 3.79. The molecule has 0 spiro atoms. The van der Waals surface area contributed by atoms with Crippen LogP contribution in [0.3, 0.4) is 0 Å². The maximum Gasteiger partial charge on any atom is 0.277 e. The molecule has 4 rings (SSSR count). The number of hydrogen-bond donors (Lipinski definition) is 0. The van der Waals surface area contributed by atoms with E-state index in [1.54, 1.807) is 18.3 Å². The molecule has 1 aromatic heterocycles. The van der Waals surface area contributed by atoms with Crippen molar-refractivity contribution in [2.45, 2.75) is 57.8 Å². The minimum Gasteiger partial charge on any atom is -0.343 e. The molecule has 1 aliphatic carbocycles. The Kier molecular flexibility index (Phi) is 5.11. The van der Waals surface area contributed by atoms with Crippen LogP contribution in [-0.2, 0) is 4.79 Å². The zero-order valence-corrected chi connectivity index (χ0v) is 16.3. The second kappa shape index (κ2) is 7.51. The molecular weight excluding hydrogens is 346 g/mol. The lowest BCUT2D eigenvalue weighted by Gasteiger charge is -2.37. The maximum atomic E-state index is 13.1. The minimum absolute atomic E-state index is 0.0755. The lowest BCUT2D eigenvalue weighted by Crippen LogP contribution is -2.39. The SMILES string of the molecule is CC(=O)N1CCC(c2nc(C(=O)N3CCCC4CCCC=C43)cs2)CC1. The highest BCUT2D eigenvalue weighted by molar-refractivity contribution is 7.09. The standard InChI is InChI=1S/C20H27N3O2S/c1-14(24)22-11-8-16(9-12-22)19-21-17(13-26-19)20(25)23-10-4-6-15-5-2-3-7-18(15)23/h7,13,15-16H,2-6,8-12H2,1H3. The smallest absolute Gasteiger partial charge is 0.277 e. The first-order valence-electron chi connectivity index (χ1n) is 9.86. The number of amides is 2. The van der Waals surface area contributed by atoms with E-state index in [0.29, 0.717) is 17.5 Å². The van der Waals surface area contributed by atoms with E-state index in [9.17, 15) is 9.59 Å². The number of nitrogens with zero attached hydrogens (tertiary/aromatic N) is 3. The first kappa shape index (κ1) is 17.7. The van der Waals surface area contributed by atoms with E-state index in [1.807, 2.05) is 15.2 Å². The van der Waals surface area contributed by atoms with E-state index in [-0.39, 0.29) is 11.8 Å². The van der Waals surface area contributed by atoms with Gasteiger partial charge in [-0.2, -0.15) is 0 Å². The molecule has 26 heavy (non-hydrogen) atoms. The number of aromatic nitrogens is 1. The van der Waals surface area contributed by atoms with Crippen LogP contribution in [0.2, 0.25) is 0 Å². The van der Waals surface area contributed by atoms with E-state index < -0.39 is 0 Å². The van der Waals surface area contributed by atoms with Gasteiger partial charge in [0.05, 0.1) is 5.01 Å². The average molecular weight is 374 g/mol. The molecule has 5 nitrogen and oxygen atoms in total. The Hall–Kier alpha value is -1.69. The van der Waals surface area contributed by atoms with Gasteiger partial charge < -0.3 is 9.80 Å². The highest BCUT2D eigenvalue weighted by Gasteiger charge is 2.32. The van der Waals surface area contributed by atoms with Gasteiger partial charge in [-0.05, 0) is 50.9 Å². The number of carbonyl (C=O) groups is 2. The summed E-state index contributed by atoms with van der Waals surface area (Å²) < 4.78 is 0. The van der Waals surface area contributed by atoms with Gasteiger partial charge in [0.15, 0.2) is 0 Å². The summed E-state index contributed by atoms with van der Waals surface area (Å²) in [5.41, 5.74) is 1.85. The van der Waals surface area contributed by atoms with Crippen LogP contribution in [0.15, 0.2) is 17.2 Å². The Morgan fingerprint density at radius 2 is 1.85 bits per heavy atom. The second-order valence-electron chi connectivity index (χ2n) is 7.71. The molecule has 6 heteroatoms. The normalized spacial score (nSPS) is 24.2. The van der Waals surface area contributed by atoms with Crippen molar-refractivity contribution >= 4 is 23.2 Å². The molecule has 0 N–H and O–H groups in total. The third-order valence-electron chi connectivity index (χ3n) is 6.05. The largest absolute Gasteiger partial charge is 0.343 e. The molecule has 1 atom stereocenters. The van der Waals surface area contributed by atoms with Crippen molar-refractivity contribution in [2.75, 3.05) is 19.6 Å². The van der Waals surface area contributed by atoms with Crippen LogP contribution in [0, 0.1) is 5.92 Å². The number of carbonyl (C=O) groups excluding carboxylic acids is 2. The minimum atomic E-state index is 0.0755. The maximum absolute atomic E-state index is 13.1. The molecular formula is C20H27N3O2S. The lowest BCUT2D eigenvalue weighted by molar-refractivity contribution is -0.129. The molecule has 2 saturated heterocycles. The summed E-state index contributed by atoms with van der Waals surface area (Å²) in [6.45, 7) is 4.05. The Bertz CT molecular complexity index is 718. The van der Waals surface area contributed by atoms with Gasteiger partial charge in [-0.25, -0.2) is 4.98 Å². The number of fused-ring (bicyclic) bond motifs is 1. The van der Waals surface area contributed by atoms with Gasteiger partial charge in [0.25, 0.3) is 5.91 Å². The van der Waals surface area contributed by atoms with Crippen molar-refractivity contribution in [3.05, 3.63) is 27.9 Å². The van der Waals surface area contributed by atoms with Crippen LogP contribution >= 0.6 is 11.3 Å². The van der Waals surface area contributed by atoms with Crippen LogP contribution in [0.5, 0.6) is 0 Å². The highest BCUT2D eigenvalue weighted by Crippen LogP contribution is 2.36. The number of likely N-dealkylation sites (tertiary alicyclic amines) is 2. The zero-order valence-electron chi connectivity index (χ0n) is 15.4. The molecule has 140 valence electrons. The van der Waals surface area contributed by atoms with E-state index in [2.05, 4.69) is 6.08 Å². The summed E-state index contributed by atoms with van der Waals surface area (Å²) >= 11 is 1.61. The molecule has 2 aliphatic heterocycles. The number of allylic oxidation sites excluding steroid dienone is 2. The lowest BCUT2D eigenvalue weighted by atomic mass is 9.85. The van der Waals surface area contributed by atoms with Gasteiger partial charge >= 0.3 is 0 Å². The fourth-order valence-electron chi connectivity index (χ4n) is 4.55. The molecule has 0 saturated carbocycles.